The first kappa shape index (κ1) is 26.0. The normalized spacial score (nSPS) is 19.4. The summed E-state index contributed by atoms with van der Waals surface area (Å²) in [6.45, 7) is 1.97. The van der Waals surface area contributed by atoms with E-state index >= 15 is 0 Å². The lowest BCUT2D eigenvalue weighted by atomic mass is 9.99. The number of nitrogens with two attached hydrogens (primary N) is 2. The first-order valence-corrected chi connectivity index (χ1v) is 11.5. The minimum atomic E-state index is -0.898. The van der Waals surface area contributed by atoms with Gasteiger partial charge in [0.1, 0.15) is 11.7 Å². The van der Waals surface area contributed by atoms with Crippen LogP contribution in [0.1, 0.15) is 31.7 Å². The van der Waals surface area contributed by atoms with E-state index < -0.39 is 23.7 Å². The molecule has 9 nitrogen and oxygen atoms in total. The second kappa shape index (κ2) is 11.7. The van der Waals surface area contributed by atoms with E-state index in [1.165, 1.54) is 18.2 Å². The lowest BCUT2D eigenvalue weighted by Gasteiger charge is -2.22. The number of amides is 3. The molecular weight excluding hydrogens is 475 g/mol. The fourth-order valence-corrected chi connectivity index (χ4v) is 3.77. The van der Waals surface area contributed by atoms with Gasteiger partial charge in [-0.15, -0.1) is 0 Å². The van der Waals surface area contributed by atoms with Crippen LogP contribution in [-0.4, -0.2) is 23.8 Å². The van der Waals surface area contributed by atoms with Gasteiger partial charge >= 0.3 is 0 Å². The molecule has 0 bridgehead atoms. The van der Waals surface area contributed by atoms with Crippen LogP contribution < -0.4 is 32.5 Å². The molecule has 0 aliphatic carbocycles. The average Bonchev–Trinajstić information content (AvgIpc) is 2.83. The predicted molar refractivity (Wildman–Crippen MR) is 132 cm³/mol. The largest absolute Gasteiger partial charge is 0.393 e. The van der Waals surface area contributed by atoms with Gasteiger partial charge in [-0.05, 0) is 36.6 Å². The highest BCUT2D eigenvalue weighted by Crippen LogP contribution is 2.24. The standard InChI is InChI=1S/C24H28ClFN6O3/c1-14-6-4-10-19(24(35)29-12-15-7-2-3-9-18(15)30-22(14)33)31-23(34)17(27)13-32(28)20-11-5-8-16(25)21(20)26/h2-3,5,7-9,11,13-14,19H,4,6,10,12,27-28H2,1H3,(H,29,35)(H,30,33)(H,31,34)/b17-13-. The number of benzene rings is 2. The molecule has 3 amide bonds. The Balaban J connectivity index is 1.74. The van der Waals surface area contributed by atoms with Crippen molar-refractivity contribution in [3.05, 3.63) is 70.8 Å². The van der Waals surface area contributed by atoms with Gasteiger partial charge in [0.25, 0.3) is 5.91 Å². The van der Waals surface area contributed by atoms with Gasteiger partial charge in [-0.1, -0.05) is 49.2 Å². The highest BCUT2D eigenvalue weighted by molar-refractivity contribution is 6.31. The van der Waals surface area contributed by atoms with Gasteiger partial charge in [0, 0.05) is 18.2 Å². The number of hydrazine groups is 1. The van der Waals surface area contributed by atoms with Crippen LogP contribution in [0, 0.1) is 11.7 Å². The Labute approximate surface area is 207 Å². The summed E-state index contributed by atoms with van der Waals surface area (Å²) in [6, 6.07) is 10.5. The number of hydrogen-bond acceptors (Lipinski definition) is 6. The number of nitrogens with one attached hydrogen (secondary N) is 3. The molecule has 2 aromatic rings. The van der Waals surface area contributed by atoms with Crippen molar-refractivity contribution in [2.24, 2.45) is 17.5 Å². The van der Waals surface area contributed by atoms with E-state index in [0.717, 1.165) is 16.8 Å². The highest BCUT2D eigenvalue weighted by Gasteiger charge is 2.24. The van der Waals surface area contributed by atoms with Gasteiger partial charge in [0.15, 0.2) is 5.82 Å². The van der Waals surface area contributed by atoms with Crippen molar-refractivity contribution in [1.82, 2.24) is 10.6 Å². The van der Waals surface area contributed by atoms with Crippen LogP contribution in [0.3, 0.4) is 0 Å². The Morgan fingerprint density at radius 2 is 1.91 bits per heavy atom. The van der Waals surface area contributed by atoms with Crippen LogP contribution in [0.2, 0.25) is 5.02 Å². The molecule has 0 spiro atoms. The second-order valence-corrected chi connectivity index (χ2v) is 8.69. The first-order chi connectivity index (χ1) is 16.7. The molecule has 0 radical (unpaired) electrons. The van der Waals surface area contributed by atoms with Crippen LogP contribution in [-0.2, 0) is 20.9 Å². The lowest BCUT2D eigenvalue weighted by molar-refractivity contribution is -0.127. The number of anilines is 2. The minimum absolute atomic E-state index is 0.0806. The van der Waals surface area contributed by atoms with Gasteiger partial charge in [0.05, 0.1) is 16.9 Å². The number of carbonyl (C=O) groups is 3. The summed E-state index contributed by atoms with van der Waals surface area (Å²) in [5.41, 5.74) is 6.81. The third kappa shape index (κ3) is 6.71. The van der Waals surface area contributed by atoms with Crippen molar-refractivity contribution in [2.75, 3.05) is 10.3 Å². The van der Waals surface area contributed by atoms with E-state index in [2.05, 4.69) is 16.0 Å². The molecule has 0 saturated carbocycles. The zero-order valence-corrected chi connectivity index (χ0v) is 19.9. The molecule has 1 aliphatic heterocycles. The van der Waals surface area contributed by atoms with Crippen LogP contribution in [0.15, 0.2) is 54.4 Å². The molecule has 11 heteroatoms. The summed E-state index contributed by atoms with van der Waals surface area (Å²) in [5.74, 6) is 3.52. The van der Waals surface area contributed by atoms with Gasteiger partial charge in [-0.3, -0.25) is 19.4 Å². The van der Waals surface area contributed by atoms with Crippen molar-refractivity contribution >= 4 is 40.7 Å². The van der Waals surface area contributed by atoms with Crippen LogP contribution >= 0.6 is 11.6 Å². The van der Waals surface area contributed by atoms with E-state index in [9.17, 15) is 18.8 Å². The minimum Gasteiger partial charge on any atom is -0.393 e. The maximum Gasteiger partial charge on any atom is 0.269 e. The maximum absolute atomic E-state index is 14.2. The second-order valence-electron chi connectivity index (χ2n) is 8.29. The monoisotopic (exact) mass is 502 g/mol. The zero-order chi connectivity index (χ0) is 25.5. The molecular formula is C24H28ClFN6O3. The van der Waals surface area contributed by atoms with Crippen LogP contribution in [0.4, 0.5) is 15.8 Å². The molecule has 186 valence electrons. The molecule has 0 aromatic heterocycles. The predicted octanol–water partition coefficient (Wildman–Crippen LogP) is 2.52. The van der Waals surface area contributed by atoms with E-state index in [1.807, 2.05) is 6.92 Å². The van der Waals surface area contributed by atoms with Crippen LogP contribution in [0.25, 0.3) is 0 Å². The Hall–Kier alpha value is -3.63. The third-order valence-electron chi connectivity index (χ3n) is 5.68. The molecule has 35 heavy (non-hydrogen) atoms. The van der Waals surface area contributed by atoms with Crippen LogP contribution in [0.5, 0.6) is 0 Å². The van der Waals surface area contributed by atoms with Crippen molar-refractivity contribution in [3.8, 4) is 0 Å². The maximum atomic E-state index is 14.2. The lowest BCUT2D eigenvalue weighted by Crippen LogP contribution is -2.48. The first-order valence-electron chi connectivity index (χ1n) is 11.1. The fourth-order valence-electron chi connectivity index (χ4n) is 3.60. The molecule has 7 N–H and O–H groups in total. The SMILES string of the molecule is CC1CCCC(NC(=O)/C(N)=C/N(N)c2cccc(Cl)c2F)C(=O)NCc2ccccc2NC1=O. The molecule has 2 aromatic carbocycles. The van der Waals surface area contributed by atoms with Crippen molar-refractivity contribution in [1.29, 1.82) is 0 Å². The summed E-state index contributed by atoms with van der Waals surface area (Å²) >= 11 is 5.77. The molecule has 0 fully saturated rings. The highest BCUT2D eigenvalue weighted by atomic mass is 35.5. The molecule has 1 aliphatic rings. The topological polar surface area (TPSA) is 143 Å². The molecule has 3 rings (SSSR count). The summed E-state index contributed by atoms with van der Waals surface area (Å²) in [7, 11) is 0. The Morgan fingerprint density at radius 1 is 1.17 bits per heavy atom. The number of hydrogen-bond donors (Lipinski definition) is 5. The number of halogens is 2. The Kier molecular flexibility index (Phi) is 8.67. The van der Waals surface area contributed by atoms with Crippen molar-refractivity contribution < 1.29 is 18.8 Å². The van der Waals surface area contributed by atoms with E-state index in [-0.39, 0.29) is 34.8 Å². The number of nitrogens with zero attached hydrogens (tertiary/aromatic N) is 1. The number of para-hydroxylation sites is 1. The molecule has 0 saturated heterocycles. The quantitative estimate of drug-likeness (QED) is 0.247. The van der Waals surface area contributed by atoms with E-state index in [0.29, 0.717) is 24.9 Å². The molecule has 2 unspecified atom stereocenters. The van der Waals surface area contributed by atoms with Gasteiger partial charge in [0.2, 0.25) is 11.8 Å². The van der Waals surface area contributed by atoms with Gasteiger partial charge in [-0.2, -0.15) is 0 Å². The smallest absolute Gasteiger partial charge is 0.269 e. The Bertz CT molecular complexity index is 1140. The summed E-state index contributed by atoms with van der Waals surface area (Å²) in [5, 5.41) is 9.01. The summed E-state index contributed by atoms with van der Waals surface area (Å²) in [6.07, 6.45) is 2.36. The Morgan fingerprint density at radius 3 is 2.69 bits per heavy atom. The third-order valence-corrected chi connectivity index (χ3v) is 5.97. The van der Waals surface area contributed by atoms with E-state index in [1.54, 1.807) is 24.3 Å². The number of rotatable bonds is 4. The van der Waals surface area contributed by atoms with Gasteiger partial charge < -0.3 is 21.7 Å². The zero-order valence-electron chi connectivity index (χ0n) is 19.2. The van der Waals surface area contributed by atoms with Crippen molar-refractivity contribution in [2.45, 2.75) is 38.8 Å². The molecule has 2 atom stereocenters. The fraction of sp³-hybridized carbons (Fsp3) is 0.292. The molecule has 1 heterocycles. The summed E-state index contributed by atoms with van der Waals surface area (Å²) < 4.78 is 14.2. The van der Waals surface area contributed by atoms with Gasteiger partial charge in [-0.25, -0.2) is 10.2 Å². The van der Waals surface area contributed by atoms with Crippen molar-refractivity contribution in [3.63, 3.8) is 0 Å². The number of fused-ring (bicyclic) bond motifs is 1. The number of carbonyl (C=O) groups excluding carboxylic acids is 3. The average molecular weight is 503 g/mol. The summed E-state index contributed by atoms with van der Waals surface area (Å²) in [4.78, 5) is 38.1. The van der Waals surface area contributed by atoms with E-state index in [4.69, 9.17) is 23.2 Å².